The lowest BCUT2D eigenvalue weighted by Crippen LogP contribution is -2.38. The molecule has 0 aliphatic rings. The van der Waals surface area contributed by atoms with Crippen LogP contribution in [0.3, 0.4) is 0 Å². The van der Waals surface area contributed by atoms with Crippen molar-refractivity contribution in [3.05, 3.63) is 56.2 Å². The predicted molar refractivity (Wildman–Crippen MR) is 89.3 cm³/mol. The molecule has 0 saturated heterocycles. The van der Waals surface area contributed by atoms with Gasteiger partial charge < -0.3 is 10.6 Å². The number of benzene rings is 1. The van der Waals surface area contributed by atoms with Gasteiger partial charge in [0.05, 0.1) is 12.1 Å². The maximum Gasteiger partial charge on any atom is 0.315 e. The Bertz CT molecular complexity index is 616. The molecule has 2 rings (SSSR count). The number of hydrogen-bond donors (Lipinski definition) is 2. The molecule has 1 aromatic carbocycles. The van der Waals surface area contributed by atoms with Gasteiger partial charge in [-0.25, -0.2) is 4.79 Å². The van der Waals surface area contributed by atoms with Crippen molar-refractivity contribution in [1.82, 2.24) is 10.6 Å². The van der Waals surface area contributed by atoms with Crippen molar-refractivity contribution >= 4 is 40.6 Å². The van der Waals surface area contributed by atoms with Crippen LogP contribution in [0.5, 0.6) is 0 Å². The maximum absolute atomic E-state index is 12.0. The molecule has 0 unspecified atom stereocenters. The molecule has 2 N–H and O–H groups in total. The molecule has 0 radical (unpaired) electrons. The third kappa shape index (κ3) is 4.37. The number of carbonyl (C=O) groups excluding carboxylic acids is 1. The smallest absolute Gasteiger partial charge is 0.315 e. The minimum atomic E-state index is -0.227. The zero-order valence-electron chi connectivity index (χ0n) is 11.7. The average molecular weight is 343 g/mol. The fraction of sp³-hybridized carbons (Fsp3) is 0.267. The topological polar surface area (TPSA) is 41.1 Å². The van der Waals surface area contributed by atoms with E-state index in [2.05, 4.69) is 10.6 Å². The van der Waals surface area contributed by atoms with Crippen LogP contribution in [0.15, 0.2) is 35.7 Å². The van der Waals surface area contributed by atoms with E-state index in [1.807, 2.05) is 37.4 Å². The normalized spacial score (nSPS) is 13.5. The van der Waals surface area contributed by atoms with Crippen LogP contribution in [0.25, 0.3) is 0 Å². The molecule has 112 valence electrons. The first-order valence-electron chi connectivity index (χ1n) is 6.52. The van der Waals surface area contributed by atoms with Crippen LogP contribution in [0.1, 0.15) is 36.4 Å². The summed E-state index contributed by atoms with van der Waals surface area (Å²) in [5.41, 5.74) is 0.833. The summed E-state index contributed by atoms with van der Waals surface area (Å²) in [6, 6.07) is 8.74. The van der Waals surface area contributed by atoms with E-state index in [-0.39, 0.29) is 18.1 Å². The monoisotopic (exact) mass is 342 g/mol. The Hall–Kier alpha value is -1.23. The maximum atomic E-state index is 12.0. The van der Waals surface area contributed by atoms with Gasteiger partial charge in [-0.15, -0.1) is 11.3 Å². The molecule has 21 heavy (non-hydrogen) atoms. The third-order valence-corrected chi connectivity index (χ3v) is 4.71. The summed E-state index contributed by atoms with van der Waals surface area (Å²) < 4.78 is 0. The van der Waals surface area contributed by atoms with Gasteiger partial charge in [0, 0.05) is 14.9 Å². The molecule has 0 fully saturated rings. The van der Waals surface area contributed by atoms with Crippen molar-refractivity contribution in [3.8, 4) is 0 Å². The summed E-state index contributed by atoms with van der Waals surface area (Å²) in [4.78, 5) is 13.1. The summed E-state index contributed by atoms with van der Waals surface area (Å²) >= 11 is 13.6. The molecule has 2 aromatic rings. The molecule has 0 aliphatic heterocycles. The molecule has 3 nitrogen and oxygen atoms in total. The van der Waals surface area contributed by atoms with E-state index in [4.69, 9.17) is 23.2 Å². The van der Waals surface area contributed by atoms with Crippen LogP contribution in [-0.4, -0.2) is 6.03 Å². The van der Waals surface area contributed by atoms with E-state index < -0.39 is 0 Å². The van der Waals surface area contributed by atoms with Crippen molar-refractivity contribution in [3.63, 3.8) is 0 Å². The number of thiophene rings is 1. The lowest BCUT2D eigenvalue weighted by Gasteiger charge is -2.18. The minimum absolute atomic E-state index is 0.0297. The summed E-state index contributed by atoms with van der Waals surface area (Å²) in [6.45, 7) is 3.83. The van der Waals surface area contributed by atoms with Gasteiger partial charge in [-0.05, 0) is 43.0 Å². The highest BCUT2D eigenvalue weighted by Gasteiger charge is 2.15. The number of nitrogens with one attached hydrogen (secondary N) is 2. The van der Waals surface area contributed by atoms with Gasteiger partial charge in [-0.3, -0.25) is 0 Å². The van der Waals surface area contributed by atoms with Crippen LogP contribution in [0, 0.1) is 0 Å². The Balaban J connectivity index is 1.96. The largest absolute Gasteiger partial charge is 0.332 e. The van der Waals surface area contributed by atoms with E-state index in [9.17, 15) is 4.79 Å². The van der Waals surface area contributed by atoms with Crippen LogP contribution in [-0.2, 0) is 0 Å². The number of rotatable bonds is 4. The van der Waals surface area contributed by atoms with E-state index in [0.717, 1.165) is 10.4 Å². The quantitative estimate of drug-likeness (QED) is 0.789. The number of halogens is 2. The first kappa shape index (κ1) is 16.1. The van der Waals surface area contributed by atoms with Crippen LogP contribution < -0.4 is 10.6 Å². The molecule has 1 heterocycles. The fourth-order valence-electron chi connectivity index (χ4n) is 1.97. The first-order valence-corrected chi connectivity index (χ1v) is 8.16. The average Bonchev–Trinajstić information content (AvgIpc) is 2.91. The fourth-order valence-corrected chi connectivity index (χ4v) is 3.28. The van der Waals surface area contributed by atoms with Crippen molar-refractivity contribution in [2.45, 2.75) is 25.9 Å². The molecular weight excluding hydrogens is 327 g/mol. The lowest BCUT2D eigenvalue weighted by molar-refractivity contribution is 0.235. The van der Waals surface area contributed by atoms with Gasteiger partial charge in [0.2, 0.25) is 0 Å². The van der Waals surface area contributed by atoms with E-state index >= 15 is 0 Å². The Morgan fingerprint density at radius 1 is 1.14 bits per heavy atom. The first-order chi connectivity index (χ1) is 9.97. The Labute approximate surface area is 138 Å². The summed E-state index contributed by atoms with van der Waals surface area (Å²) in [5.74, 6) is 0. The van der Waals surface area contributed by atoms with E-state index in [1.54, 1.807) is 23.5 Å². The van der Waals surface area contributed by atoms with Crippen molar-refractivity contribution in [2.75, 3.05) is 0 Å². The second-order valence-corrected chi connectivity index (χ2v) is 6.57. The van der Waals surface area contributed by atoms with E-state index in [1.165, 1.54) is 0 Å². The van der Waals surface area contributed by atoms with Gasteiger partial charge in [-0.2, -0.15) is 0 Å². The predicted octanol–water partition coefficient (Wildman–Crippen LogP) is 5.18. The van der Waals surface area contributed by atoms with Gasteiger partial charge in [-0.1, -0.05) is 35.3 Å². The highest BCUT2D eigenvalue weighted by Crippen LogP contribution is 2.26. The molecule has 0 saturated carbocycles. The van der Waals surface area contributed by atoms with Crippen LogP contribution in [0.2, 0.25) is 10.0 Å². The number of carbonyl (C=O) groups is 1. The van der Waals surface area contributed by atoms with E-state index in [0.29, 0.717) is 10.0 Å². The van der Waals surface area contributed by atoms with Gasteiger partial charge >= 0.3 is 6.03 Å². The van der Waals surface area contributed by atoms with Crippen LogP contribution >= 0.6 is 34.5 Å². The Kier molecular flexibility index (Phi) is 5.51. The third-order valence-electron chi connectivity index (χ3n) is 3.09. The van der Waals surface area contributed by atoms with Crippen LogP contribution in [0.4, 0.5) is 4.79 Å². The SMILES string of the molecule is C[C@H](NC(=O)N[C@@H](C)c1ccc(Cl)cc1Cl)c1cccs1. The van der Waals surface area contributed by atoms with Crippen molar-refractivity contribution in [2.24, 2.45) is 0 Å². The van der Waals surface area contributed by atoms with Crippen molar-refractivity contribution in [1.29, 1.82) is 0 Å². The number of urea groups is 1. The second kappa shape index (κ2) is 7.16. The molecule has 0 aliphatic carbocycles. The number of amides is 2. The molecule has 0 bridgehead atoms. The lowest BCUT2D eigenvalue weighted by atomic mass is 10.1. The Morgan fingerprint density at radius 2 is 1.86 bits per heavy atom. The molecule has 2 amide bonds. The highest BCUT2D eigenvalue weighted by molar-refractivity contribution is 7.10. The molecule has 1 aromatic heterocycles. The second-order valence-electron chi connectivity index (χ2n) is 4.74. The standard InChI is InChI=1S/C15H16Cl2N2OS/c1-9(12-6-5-11(16)8-13(12)17)18-15(20)19-10(2)14-4-3-7-21-14/h3-10H,1-2H3,(H2,18,19,20)/t9-,10-/m0/s1. The van der Waals surface area contributed by atoms with Gasteiger partial charge in [0.25, 0.3) is 0 Å². The summed E-state index contributed by atoms with van der Waals surface area (Å²) in [5, 5.41) is 8.89. The zero-order chi connectivity index (χ0) is 15.4. The minimum Gasteiger partial charge on any atom is -0.332 e. The molecule has 0 spiro atoms. The Morgan fingerprint density at radius 3 is 2.48 bits per heavy atom. The van der Waals surface area contributed by atoms with Gasteiger partial charge in [0.15, 0.2) is 0 Å². The zero-order valence-corrected chi connectivity index (χ0v) is 14.0. The summed E-state index contributed by atoms with van der Waals surface area (Å²) in [7, 11) is 0. The van der Waals surface area contributed by atoms with Crippen molar-refractivity contribution < 1.29 is 4.79 Å². The molecular formula is C15H16Cl2N2OS. The van der Waals surface area contributed by atoms with Gasteiger partial charge in [0.1, 0.15) is 0 Å². The summed E-state index contributed by atoms with van der Waals surface area (Å²) in [6.07, 6.45) is 0. The number of hydrogen-bond acceptors (Lipinski definition) is 2. The molecule has 6 heteroatoms. The molecule has 2 atom stereocenters. The highest BCUT2D eigenvalue weighted by atomic mass is 35.5.